The molecule has 10 aromatic rings. The SMILES string of the molecule is [2H]C([2H])([2H])c1cc(-n2c3ccc(C(C)(C)C)cc3c3ccc(Oc4cc(N5CN(c6c(-c7ccccc7)cccc6-c6ccccc6)c6ccccc65)cc(C(C)(C)C)c4)cc32)ncc1-c1ccccc1. The minimum atomic E-state index is -2.38. The maximum atomic E-state index is 8.66. The van der Waals surface area contributed by atoms with Crippen molar-refractivity contribution in [1.29, 1.82) is 0 Å². The van der Waals surface area contributed by atoms with Gasteiger partial charge in [-0.3, -0.25) is 4.57 Å². The third-order valence-electron chi connectivity index (χ3n) is 13.3. The average Bonchev–Trinajstić information content (AvgIpc) is 3.91. The molecule has 0 amide bonds. The molecule has 334 valence electrons. The number of rotatable bonds is 8. The molecule has 0 radical (unpaired) electrons. The minimum absolute atomic E-state index is 0.0895. The molecule has 68 heavy (non-hydrogen) atoms. The maximum Gasteiger partial charge on any atom is 0.137 e. The second kappa shape index (κ2) is 16.8. The summed E-state index contributed by atoms with van der Waals surface area (Å²) < 4.78 is 35.1. The van der Waals surface area contributed by atoms with Gasteiger partial charge in [0.05, 0.1) is 28.1 Å². The van der Waals surface area contributed by atoms with Gasteiger partial charge < -0.3 is 14.5 Å². The summed E-state index contributed by atoms with van der Waals surface area (Å²) in [4.78, 5) is 9.86. The first kappa shape index (κ1) is 39.3. The van der Waals surface area contributed by atoms with Gasteiger partial charge in [-0.15, -0.1) is 0 Å². The van der Waals surface area contributed by atoms with Crippen molar-refractivity contribution in [2.45, 2.75) is 59.2 Å². The van der Waals surface area contributed by atoms with Crippen LogP contribution in [-0.4, -0.2) is 16.2 Å². The molecule has 0 unspecified atom stereocenters. The van der Waals surface area contributed by atoms with Crippen LogP contribution in [0.4, 0.5) is 22.7 Å². The Morgan fingerprint density at radius 1 is 0.485 bits per heavy atom. The topological polar surface area (TPSA) is 33.5 Å². The Bertz CT molecular complexity index is 3550. The second-order valence-electron chi connectivity index (χ2n) is 19.9. The molecule has 0 saturated heterocycles. The van der Waals surface area contributed by atoms with E-state index in [-0.39, 0.29) is 16.4 Å². The zero-order valence-corrected chi connectivity index (χ0v) is 39.5. The zero-order valence-electron chi connectivity index (χ0n) is 42.5. The van der Waals surface area contributed by atoms with Crippen molar-refractivity contribution in [2.24, 2.45) is 0 Å². The summed E-state index contributed by atoms with van der Waals surface area (Å²) in [5.74, 6) is 1.89. The van der Waals surface area contributed by atoms with Gasteiger partial charge in [-0.05, 0) is 106 Å². The van der Waals surface area contributed by atoms with Crippen LogP contribution in [0.15, 0.2) is 200 Å². The van der Waals surface area contributed by atoms with E-state index in [1.807, 2.05) is 36.4 Å². The van der Waals surface area contributed by atoms with E-state index in [4.69, 9.17) is 13.8 Å². The Morgan fingerprint density at radius 2 is 1.09 bits per heavy atom. The van der Waals surface area contributed by atoms with E-state index in [2.05, 4.69) is 208 Å². The predicted molar refractivity (Wildman–Crippen MR) is 286 cm³/mol. The normalized spacial score (nSPS) is 13.6. The Kier molecular flexibility index (Phi) is 9.69. The maximum absolute atomic E-state index is 8.66. The van der Waals surface area contributed by atoms with Crippen LogP contribution < -0.4 is 14.5 Å². The molecule has 0 N–H and O–H groups in total. The van der Waals surface area contributed by atoms with E-state index in [0.717, 1.165) is 77.9 Å². The monoisotopic (exact) mass is 887 g/mol. The molecule has 3 heterocycles. The van der Waals surface area contributed by atoms with Crippen molar-refractivity contribution in [2.75, 3.05) is 16.5 Å². The number of nitrogens with zero attached hydrogens (tertiary/aromatic N) is 4. The van der Waals surface area contributed by atoms with Gasteiger partial charge in [0.2, 0.25) is 0 Å². The smallest absolute Gasteiger partial charge is 0.137 e. The first-order chi connectivity index (χ1) is 34.1. The summed E-state index contributed by atoms with van der Waals surface area (Å²) in [6.07, 6.45) is 1.70. The van der Waals surface area contributed by atoms with Gasteiger partial charge in [0.25, 0.3) is 0 Å². The van der Waals surface area contributed by atoms with Gasteiger partial charge in [0, 0.05) is 55.6 Å². The van der Waals surface area contributed by atoms with Crippen molar-refractivity contribution in [3.05, 3.63) is 217 Å². The molecule has 0 bridgehead atoms. The largest absolute Gasteiger partial charge is 0.457 e. The number of anilines is 4. The molecule has 0 fully saturated rings. The lowest BCUT2D eigenvalue weighted by molar-refractivity contribution is 0.479. The van der Waals surface area contributed by atoms with Crippen molar-refractivity contribution in [3.8, 4) is 50.7 Å². The molecule has 1 aliphatic heterocycles. The summed E-state index contributed by atoms with van der Waals surface area (Å²) >= 11 is 0. The van der Waals surface area contributed by atoms with Crippen molar-refractivity contribution >= 4 is 44.6 Å². The number of benzene rings is 8. The predicted octanol–water partition coefficient (Wildman–Crippen LogP) is 17.1. The first-order valence-electron chi connectivity index (χ1n) is 25.0. The molecule has 5 nitrogen and oxygen atoms in total. The summed E-state index contributed by atoms with van der Waals surface area (Å²) in [6.45, 7) is 11.6. The van der Waals surface area contributed by atoms with Crippen LogP contribution >= 0.6 is 0 Å². The molecular weight excluding hydrogens is 829 g/mol. The summed E-state index contributed by atoms with van der Waals surface area (Å²) in [5, 5.41) is 2.08. The number of hydrogen-bond donors (Lipinski definition) is 0. The molecule has 0 atom stereocenters. The molecule has 11 rings (SSSR count). The van der Waals surface area contributed by atoms with E-state index in [1.54, 1.807) is 12.3 Å². The first-order valence-corrected chi connectivity index (χ1v) is 23.5. The van der Waals surface area contributed by atoms with Crippen LogP contribution in [0.3, 0.4) is 0 Å². The Hall–Kier alpha value is -7.89. The number of para-hydroxylation sites is 3. The van der Waals surface area contributed by atoms with E-state index >= 15 is 0 Å². The summed E-state index contributed by atoms with van der Waals surface area (Å²) in [5.41, 5.74) is 14.5. The van der Waals surface area contributed by atoms with Crippen LogP contribution in [0.25, 0.3) is 61.0 Å². The highest BCUT2D eigenvalue weighted by Gasteiger charge is 2.32. The number of aryl methyl sites for hydroxylation is 1. The highest BCUT2D eigenvalue weighted by molar-refractivity contribution is 6.10. The van der Waals surface area contributed by atoms with E-state index in [1.165, 1.54) is 5.56 Å². The number of pyridine rings is 1. The third-order valence-corrected chi connectivity index (χ3v) is 13.3. The molecule has 5 heteroatoms. The number of aromatic nitrogens is 2. The number of ether oxygens (including phenoxy) is 1. The van der Waals surface area contributed by atoms with Gasteiger partial charge in [-0.2, -0.15) is 0 Å². The number of fused-ring (bicyclic) bond motifs is 4. The van der Waals surface area contributed by atoms with Crippen LogP contribution in [0.5, 0.6) is 11.5 Å². The number of hydrogen-bond acceptors (Lipinski definition) is 4. The third kappa shape index (κ3) is 7.78. The molecule has 2 aromatic heterocycles. The molecule has 1 aliphatic rings. The van der Waals surface area contributed by atoms with E-state index in [0.29, 0.717) is 29.5 Å². The van der Waals surface area contributed by atoms with Gasteiger partial charge in [0.15, 0.2) is 0 Å². The average molecular weight is 888 g/mol. The molecular formula is C63H56N4O. The van der Waals surface area contributed by atoms with Crippen molar-refractivity contribution in [3.63, 3.8) is 0 Å². The standard InChI is InChI=1S/C63H56N4O/c1-42-34-60(64-40-55(42)45-24-15-10-16-25-45)67-56-33-30-46(62(2,3)4)37-54(56)53-32-31-49(39-59(53)67)68-50-36-47(63(5,6)7)35-48(38-50)65-41-66(58-29-18-17-28-57(58)65)61-51(43-20-11-8-12-21-43)26-19-27-52(61)44-22-13-9-14-23-44/h8-40H,41H2,1-7H3/i1D3. The van der Waals surface area contributed by atoms with E-state index < -0.39 is 6.85 Å². The molecule has 0 saturated carbocycles. The Balaban J connectivity index is 1.04. The summed E-state index contributed by atoms with van der Waals surface area (Å²) in [7, 11) is 0. The van der Waals surface area contributed by atoms with Crippen LogP contribution in [-0.2, 0) is 10.8 Å². The summed E-state index contributed by atoms with van der Waals surface area (Å²) in [6, 6.07) is 67.4. The van der Waals surface area contributed by atoms with Crippen LogP contribution in [0.2, 0.25) is 0 Å². The fraction of sp³-hybridized carbons (Fsp3) is 0.159. The minimum Gasteiger partial charge on any atom is -0.457 e. The quantitative estimate of drug-likeness (QED) is 0.152. The molecule has 8 aromatic carbocycles. The van der Waals surface area contributed by atoms with Crippen molar-refractivity contribution < 1.29 is 8.85 Å². The van der Waals surface area contributed by atoms with Crippen LogP contribution in [0, 0.1) is 6.85 Å². The highest BCUT2D eigenvalue weighted by atomic mass is 16.5. The zero-order chi connectivity index (χ0) is 49.2. The lowest BCUT2D eigenvalue weighted by atomic mass is 9.86. The van der Waals surface area contributed by atoms with E-state index in [9.17, 15) is 0 Å². The van der Waals surface area contributed by atoms with Gasteiger partial charge >= 0.3 is 0 Å². The Labute approximate surface area is 404 Å². The van der Waals surface area contributed by atoms with Gasteiger partial charge in [-0.1, -0.05) is 169 Å². The Morgan fingerprint density at radius 3 is 1.71 bits per heavy atom. The van der Waals surface area contributed by atoms with Crippen LogP contribution in [0.1, 0.15) is 62.3 Å². The fourth-order valence-electron chi connectivity index (χ4n) is 9.72. The van der Waals surface area contributed by atoms with Crippen molar-refractivity contribution in [1.82, 2.24) is 9.55 Å². The fourth-order valence-corrected chi connectivity index (χ4v) is 9.72. The highest BCUT2D eigenvalue weighted by Crippen LogP contribution is 2.51. The van der Waals surface area contributed by atoms with Gasteiger partial charge in [-0.25, -0.2) is 4.98 Å². The molecule has 0 spiro atoms. The lowest BCUT2D eigenvalue weighted by Crippen LogP contribution is -2.25. The van der Waals surface area contributed by atoms with Gasteiger partial charge in [0.1, 0.15) is 24.0 Å². The lowest BCUT2D eigenvalue weighted by Gasteiger charge is -2.28. The molecule has 0 aliphatic carbocycles. The second-order valence-corrected chi connectivity index (χ2v) is 19.9.